The van der Waals surface area contributed by atoms with Crippen LogP contribution in [-0.4, -0.2) is 32.8 Å². The third-order valence-corrected chi connectivity index (χ3v) is 8.80. The van der Waals surface area contributed by atoms with Gasteiger partial charge in [-0.25, -0.2) is 9.97 Å². The average Bonchev–Trinajstić information content (AvgIpc) is 3.07. The van der Waals surface area contributed by atoms with E-state index in [1.165, 1.54) is 22.3 Å². The highest BCUT2D eigenvalue weighted by molar-refractivity contribution is 6.03. The van der Waals surface area contributed by atoms with Gasteiger partial charge in [0.05, 0.1) is 68.4 Å². The highest BCUT2D eigenvalue weighted by Crippen LogP contribution is 2.30. The first-order valence-corrected chi connectivity index (χ1v) is 16.3. The molecule has 2 aromatic heterocycles. The van der Waals surface area contributed by atoms with E-state index in [9.17, 15) is 0 Å². The Bertz CT molecular complexity index is 1980. The third-order valence-electron chi connectivity index (χ3n) is 8.80. The fraction of sp³-hybridized carbons (Fsp3) is 0.238. The van der Waals surface area contributed by atoms with E-state index in [1.807, 2.05) is 88.4 Å². The molecule has 2 heterocycles. The van der Waals surface area contributed by atoms with Gasteiger partial charge in [0.15, 0.2) is 0 Å². The minimum absolute atomic E-state index is 0.820. The summed E-state index contributed by atoms with van der Waals surface area (Å²) in [5.41, 5.74) is 17.3. The van der Waals surface area contributed by atoms with Crippen molar-refractivity contribution in [2.45, 2.75) is 69.2 Å². The van der Waals surface area contributed by atoms with Gasteiger partial charge in [0, 0.05) is 0 Å². The molecule has 0 atom stereocenters. The standard InChI is InChI=1S/C42H44N6/c1-25-15-11-17-35(29(25)5)43-31(7)37-19-13-21-39(47-37)33(9)45-41-23-28(4)42(24-27(41)3)46-34(10)40-22-14-20-38(48-40)32(8)44-36-18-12-16-26(2)30(36)6/h11-24H,1-10H3/b43-31+,44-32+,45-33+,46-34+. The molecule has 0 spiro atoms. The molecule has 0 aliphatic carbocycles. The van der Waals surface area contributed by atoms with Gasteiger partial charge in [-0.05, 0) is 151 Å². The van der Waals surface area contributed by atoms with Crippen molar-refractivity contribution in [3.8, 4) is 0 Å². The van der Waals surface area contributed by atoms with Crippen LogP contribution in [0.2, 0.25) is 0 Å². The summed E-state index contributed by atoms with van der Waals surface area (Å²) < 4.78 is 0. The number of nitrogens with zero attached hydrogens (tertiary/aromatic N) is 6. The van der Waals surface area contributed by atoms with Gasteiger partial charge in [-0.15, -0.1) is 0 Å². The number of aryl methyl sites for hydroxylation is 4. The molecule has 5 rings (SSSR count). The number of hydrogen-bond acceptors (Lipinski definition) is 6. The molecule has 0 N–H and O–H groups in total. The van der Waals surface area contributed by atoms with Crippen LogP contribution in [0.4, 0.5) is 22.7 Å². The number of rotatable bonds is 8. The fourth-order valence-electron chi connectivity index (χ4n) is 5.37. The molecule has 0 aliphatic rings. The smallest absolute Gasteiger partial charge is 0.0849 e. The van der Waals surface area contributed by atoms with E-state index in [2.05, 4.69) is 65.8 Å². The monoisotopic (exact) mass is 632 g/mol. The Labute approximate surface area is 285 Å². The lowest BCUT2D eigenvalue weighted by molar-refractivity contribution is 1.22. The predicted octanol–water partition coefficient (Wildman–Crippen LogP) is 10.9. The van der Waals surface area contributed by atoms with Gasteiger partial charge in [0.2, 0.25) is 0 Å². The van der Waals surface area contributed by atoms with E-state index in [4.69, 9.17) is 29.9 Å². The Morgan fingerprint density at radius 2 is 0.667 bits per heavy atom. The molecule has 3 aromatic carbocycles. The Morgan fingerprint density at radius 1 is 0.375 bits per heavy atom. The normalized spacial score (nSPS) is 12.9. The van der Waals surface area contributed by atoms with Gasteiger partial charge in [-0.2, -0.15) is 0 Å². The molecule has 0 saturated carbocycles. The maximum Gasteiger partial charge on any atom is 0.0849 e. The Morgan fingerprint density at radius 3 is 1.00 bits per heavy atom. The van der Waals surface area contributed by atoms with Crippen LogP contribution in [0.1, 0.15) is 83.9 Å². The van der Waals surface area contributed by atoms with Crippen molar-refractivity contribution >= 4 is 45.6 Å². The largest absolute Gasteiger partial charge is 0.251 e. The summed E-state index contributed by atoms with van der Waals surface area (Å²) in [4.78, 5) is 29.6. The van der Waals surface area contributed by atoms with E-state index < -0.39 is 0 Å². The van der Waals surface area contributed by atoms with E-state index in [-0.39, 0.29) is 0 Å². The van der Waals surface area contributed by atoms with Crippen LogP contribution in [0.5, 0.6) is 0 Å². The first-order chi connectivity index (χ1) is 22.9. The van der Waals surface area contributed by atoms with Crippen molar-refractivity contribution in [1.29, 1.82) is 0 Å². The lowest BCUT2D eigenvalue weighted by Crippen LogP contribution is -2.05. The zero-order valence-corrected chi connectivity index (χ0v) is 29.8. The van der Waals surface area contributed by atoms with Crippen LogP contribution in [-0.2, 0) is 0 Å². The van der Waals surface area contributed by atoms with Crippen molar-refractivity contribution in [3.63, 3.8) is 0 Å². The molecule has 0 amide bonds. The summed E-state index contributed by atoms with van der Waals surface area (Å²) in [5, 5.41) is 0. The summed E-state index contributed by atoms with van der Waals surface area (Å²) in [6.45, 7) is 20.5. The van der Waals surface area contributed by atoms with Crippen LogP contribution in [0, 0.1) is 41.5 Å². The molecule has 0 aliphatic heterocycles. The van der Waals surface area contributed by atoms with Crippen molar-refractivity contribution in [2.24, 2.45) is 20.0 Å². The number of pyridine rings is 2. The quantitative estimate of drug-likeness (QED) is 0.160. The van der Waals surface area contributed by atoms with Gasteiger partial charge in [0.1, 0.15) is 0 Å². The average molecular weight is 633 g/mol. The second-order valence-electron chi connectivity index (χ2n) is 12.5. The van der Waals surface area contributed by atoms with Crippen molar-refractivity contribution < 1.29 is 0 Å². The topological polar surface area (TPSA) is 75.2 Å². The first kappa shape index (κ1) is 34.0. The lowest BCUT2D eigenvalue weighted by atomic mass is 10.1. The Balaban J connectivity index is 1.38. The molecule has 0 unspecified atom stereocenters. The zero-order valence-electron chi connectivity index (χ0n) is 29.8. The second-order valence-corrected chi connectivity index (χ2v) is 12.5. The molecule has 0 bridgehead atoms. The molecular formula is C42H44N6. The van der Waals surface area contributed by atoms with E-state index in [0.29, 0.717) is 0 Å². The zero-order chi connectivity index (χ0) is 34.5. The lowest BCUT2D eigenvalue weighted by Gasteiger charge is -2.10. The number of benzene rings is 3. The minimum Gasteiger partial charge on any atom is -0.251 e. The molecule has 48 heavy (non-hydrogen) atoms. The van der Waals surface area contributed by atoms with Crippen LogP contribution < -0.4 is 0 Å². The first-order valence-electron chi connectivity index (χ1n) is 16.3. The van der Waals surface area contributed by atoms with Gasteiger partial charge in [-0.3, -0.25) is 20.0 Å². The summed E-state index contributed by atoms with van der Waals surface area (Å²) in [6, 6.07) is 28.6. The summed E-state index contributed by atoms with van der Waals surface area (Å²) in [7, 11) is 0. The van der Waals surface area contributed by atoms with Gasteiger partial charge in [0.25, 0.3) is 0 Å². The van der Waals surface area contributed by atoms with Gasteiger partial charge in [-0.1, -0.05) is 36.4 Å². The maximum atomic E-state index is 5.00. The number of aromatic nitrogens is 2. The Hall–Kier alpha value is -5.36. The molecule has 242 valence electrons. The van der Waals surface area contributed by atoms with Crippen LogP contribution >= 0.6 is 0 Å². The van der Waals surface area contributed by atoms with Crippen molar-refractivity contribution in [1.82, 2.24) is 9.97 Å². The molecule has 6 heteroatoms. The van der Waals surface area contributed by atoms with E-state index >= 15 is 0 Å². The van der Waals surface area contributed by atoms with Gasteiger partial charge < -0.3 is 0 Å². The summed E-state index contributed by atoms with van der Waals surface area (Å²) >= 11 is 0. The second kappa shape index (κ2) is 14.6. The summed E-state index contributed by atoms with van der Waals surface area (Å²) in [5.74, 6) is 0. The Kier molecular flexibility index (Phi) is 10.3. The predicted molar refractivity (Wildman–Crippen MR) is 204 cm³/mol. The maximum absolute atomic E-state index is 5.00. The summed E-state index contributed by atoms with van der Waals surface area (Å²) in [6.07, 6.45) is 0. The SMILES string of the molecule is C/C(=N\c1cc(C)c(/N=C(\C)c2cccc(/C(C)=N/c3cccc(C)c3C)n2)cc1C)c1cccc(/C(C)=N/c2cccc(C)c2C)n1. The number of aliphatic imine (C=N–C) groups is 4. The minimum atomic E-state index is 0.820. The molecular weight excluding hydrogens is 589 g/mol. The van der Waals surface area contributed by atoms with Gasteiger partial charge >= 0.3 is 0 Å². The van der Waals surface area contributed by atoms with Crippen LogP contribution in [0.3, 0.4) is 0 Å². The fourth-order valence-corrected chi connectivity index (χ4v) is 5.37. The highest BCUT2D eigenvalue weighted by atomic mass is 14.9. The van der Waals surface area contributed by atoms with E-state index in [1.54, 1.807) is 0 Å². The number of hydrogen-bond donors (Lipinski definition) is 0. The third kappa shape index (κ3) is 7.77. The molecule has 0 radical (unpaired) electrons. The van der Waals surface area contributed by atoms with E-state index in [0.717, 1.165) is 79.5 Å². The van der Waals surface area contributed by atoms with Crippen molar-refractivity contribution in [3.05, 3.63) is 141 Å². The van der Waals surface area contributed by atoms with Crippen molar-refractivity contribution in [2.75, 3.05) is 0 Å². The van der Waals surface area contributed by atoms with Crippen LogP contribution in [0.25, 0.3) is 0 Å². The molecule has 6 nitrogen and oxygen atoms in total. The van der Waals surface area contributed by atoms with Crippen LogP contribution in [0.15, 0.2) is 105 Å². The molecule has 0 fully saturated rings. The molecule has 0 saturated heterocycles. The molecule has 5 aromatic rings. The highest BCUT2D eigenvalue weighted by Gasteiger charge is 2.11.